The summed E-state index contributed by atoms with van der Waals surface area (Å²) in [4.78, 5) is 23.3. The molecule has 0 aliphatic heterocycles. The number of hydrogen-bond acceptors (Lipinski definition) is 4. The molecule has 7 heteroatoms. The lowest BCUT2D eigenvalue weighted by Crippen LogP contribution is -2.40. The number of carbonyl (C=O) groups is 2. The Bertz CT molecular complexity index is 739. The van der Waals surface area contributed by atoms with Crippen LogP contribution in [0.5, 0.6) is 0 Å². The van der Waals surface area contributed by atoms with Gasteiger partial charge in [0.2, 0.25) is 0 Å². The third-order valence-corrected chi connectivity index (χ3v) is 3.85. The standard InChI is InChI=1S/C16H20N4O3/c1-9-6-5-7-13(8-9)20-12(4)14(18-19-20)15(21)17-11(3)10(2)16(22)23/h5-8,10-11H,1-4H3,(H,17,21)(H,22,23). The molecule has 2 unspecified atom stereocenters. The zero-order valence-electron chi connectivity index (χ0n) is 13.6. The smallest absolute Gasteiger partial charge is 0.308 e. The van der Waals surface area contributed by atoms with Crippen LogP contribution in [0, 0.1) is 19.8 Å². The number of nitrogens with zero attached hydrogens (tertiary/aromatic N) is 3. The zero-order valence-corrected chi connectivity index (χ0v) is 13.6. The molecule has 1 amide bonds. The summed E-state index contributed by atoms with van der Waals surface area (Å²) in [5, 5.41) is 19.6. The summed E-state index contributed by atoms with van der Waals surface area (Å²) in [5.41, 5.74) is 2.69. The molecule has 2 atom stereocenters. The number of carboxylic acid groups (broad SMARTS) is 1. The topological polar surface area (TPSA) is 97.1 Å². The highest BCUT2D eigenvalue weighted by molar-refractivity contribution is 5.93. The summed E-state index contributed by atoms with van der Waals surface area (Å²) in [6.07, 6.45) is 0. The molecule has 0 fully saturated rings. The van der Waals surface area contributed by atoms with E-state index in [1.807, 2.05) is 31.2 Å². The van der Waals surface area contributed by atoms with Crippen LogP contribution in [0.1, 0.15) is 35.6 Å². The molecule has 0 saturated carbocycles. The second kappa shape index (κ2) is 6.60. The molecule has 2 aromatic rings. The van der Waals surface area contributed by atoms with Crippen LogP contribution in [-0.2, 0) is 4.79 Å². The lowest BCUT2D eigenvalue weighted by molar-refractivity contribution is -0.141. The van der Waals surface area contributed by atoms with Crippen LogP contribution in [0.3, 0.4) is 0 Å². The molecule has 7 nitrogen and oxygen atoms in total. The lowest BCUT2D eigenvalue weighted by atomic mass is 10.0. The van der Waals surface area contributed by atoms with Crippen LogP contribution in [0.25, 0.3) is 5.69 Å². The van der Waals surface area contributed by atoms with E-state index in [-0.39, 0.29) is 5.69 Å². The molecule has 0 radical (unpaired) electrons. The normalized spacial score (nSPS) is 13.4. The highest BCUT2D eigenvalue weighted by Gasteiger charge is 2.24. The number of benzene rings is 1. The Morgan fingerprint density at radius 1 is 1.26 bits per heavy atom. The molecule has 1 aromatic heterocycles. The molecule has 23 heavy (non-hydrogen) atoms. The number of aliphatic carboxylic acids is 1. The maximum atomic E-state index is 12.3. The van der Waals surface area contributed by atoms with Gasteiger partial charge in [0.15, 0.2) is 5.69 Å². The van der Waals surface area contributed by atoms with E-state index in [1.54, 1.807) is 25.5 Å². The Balaban J connectivity index is 2.22. The van der Waals surface area contributed by atoms with Crippen molar-refractivity contribution in [2.24, 2.45) is 5.92 Å². The second-order valence-corrected chi connectivity index (χ2v) is 5.66. The molecule has 1 aromatic carbocycles. The first-order valence-electron chi connectivity index (χ1n) is 7.34. The number of hydrogen-bond donors (Lipinski definition) is 2. The number of nitrogens with one attached hydrogen (secondary N) is 1. The molecular formula is C16H20N4O3. The van der Waals surface area contributed by atoms with Crippen molar-refractivity contribution in [1.82, 2.24) is 20.3 Å². The Morgan fingerprint density at radius 2 is 1.96 bits per heavy atom. The largest absolute Gasteiger partial charge is 0.481 e. The van der Waals surface area contributed by atoms with Crippen molar-refractivity contribution in [2.75, 3.05) is 0 Å². The van der Waals surface area contributed by atoms with E-state index < -0.39 is 23.8 Å². The number of amides is 1. The second-order valence-electron chi connectivity index (χ2n) is 5.66. The van der Waals surface area contributed by atoms with Crippen LogP contribution in [0.2, 0.25) is 0 Å². The molecule has 0 aliphatic rings. The van der Waals surface area contributed by atoms with Crippen molar-refractivity contribution in [3.8, 4) is 5.69 Å². The highest BCUT2D eigenvalue weighted by atomic mass is 16.4. The van der Waals surface area contributed by atoms with E-state index in [1.165, 1.54) is 0 Å². The minimum atomic E-state index is -0.960. The molecule has 2 N–H and O–H groups in total. The van der Waals surface area contributed by atoms with Crippen LogP contribution in [-0.4, -0.2) is 38.0 Å². The Labute approximate surface area is 134 Å². The first-order valence-corrected chi connectivity index (χ1v) is 7.34. The fourth-order valence-corrected chi connectivity index (χ4v) is 2.16. The number of rotatable bonds is 5. The maximum absolute atomic E-state index is 12.3. The van der Waals surface area contributed by atoms with Gasteiger partial charge < -0.3 is 10.4 Å². The van der Waals surface area contributed by atoms with E-state index in [4.69, 9.17) is 5.11 Å². The Hall–Kier alpha value is -2.70. The van der Waals surface area contributed by atoms with Crippen LogP contribution in [0.15, 0.2) is 24.3 Å². The summed E-state index contributed by atoms with van der Waals surface area (Å²) in [6.45, 7) is 6.92. The summed E-state index contributed by atoms with van der Waals surface area (Å²) < 4.78 is 1.59. The van der Waals surface area contributed by atoms with Crippen molar-refractivity contribution >= 4 is 11.9 Å². The quantitative estimate of drug-likeness (QED) is 0.875. The predicted octanol–water partition coefficient (Wildman–Crippen LogP) is 1.72. The molecule has 0 aliphatic carbocycles. The van der Waals surface area contributed by atoms with Crippen molar-refractivity contribution in [2.45, 2.75) is 33.7 Å². The average molecular weight is 316 g/mol. The van der Waals surface area contributed by atoms with Gasteiger partial charge >= 0.3 is 5.97 Å². The minimum absolute atomic E-state index is 0.191. The van der Waals surface area contributed by atoms with E-state index in [0.717, 1.165) is 11.3 Å². The van der Waals surface area contributed by atoms with E-state index in [0.29, 0.717) is 5.69 Å². The SMILES string of the molecule is Cc1cccc(-n2nnc(C(=O)NC(C)C(C)C(=O)O)c2C)c1. The molecule has 1 heterocycles. The van der Waals surface area contributed by atoms with Crippen molar-refractivity contribution < 1.29 is 14.7 Å². The fourth-order valence-electron chi connectivity index (χ4n) is 2.16. The third-order valence-electron chi connectivity index (χ3n) is 3.85. The Kier molecular flexibility index (Phi) is 4.78. The summed E-state index contributed by atoms with van der Waals surface area (Å²) in [5.74, 6) is -2.08. The third kappa shape index (κ3) is 3.56. The molecule has 122 valence electrons. The monoisotopic (exact) mass is 316 g/mol. The molecular weight excluding hydrogens is 296 g/mol. The van der Waals surface area contributed by atoms with Crippen molar-refractivity contribution in [3.05, 3.63) is 41.2 Å². The van der Waals surface area contributed by atoms with Crippen LogP contribution in [0.4, 0.5) is 0 Å². The van der Waals surface area contributed by atoms with Crippen LogP contribution < -0.4 is 5.32 Å². The Morgan fingerprint density at radius 3 is 2.57 bits per heavy atom. The zero-order chi connectivity index (χ0) is 17.1. The van der Waals surface area contributed by atoms with Crippen LogP contribution >= 0.6 is 0 Å². The van der Waals surface area contributed by atoms with Gasteiger partial charge in [0, 0.05) is 6.04 Å². The van der Waals surface area contributed by atoms with Gasteiger partial charge in [-0.3, -0.25) is 9.59 Å². The fraction of sp³-hybridized carbons (Fsp3) is 0.375. The van der Waals surface area contributed by atoms with E-state index >= 15 is 0 Å². The van der Waals surface area contributed by atoms with Gasteiger partial charge in [-0.05, 0) is 45.4 Å². The number of aromatic nitrogens is 3. The number of carboxylic acids is 1. The summed E-state index contributed by atoms with van der Waals surface area (Å²) >= 11 is 0. The van der Waals surface area contributed by atoms with Gasteiger partial charge in [-0.1, -0.05) is 17.3 Å². The van der Waals surface area contributed by atoms with Crippen molar-refractivity contribution in [1.29, 1.82) is 0 Å². The van der Waals surface area contributed by atoms with Gasteiger partial charge in [0.1, 0.15) is 0 Å². The summed E-state index contributed by atoms with van der Waals surface area (Å²) in [6, 6.07) is 7.19. The first kappa shape index (κ1) is 16.7. The van der Waals surface area contributed by atoms with Crippen molar-refractivity contribution in [3.63, 3.8) is 0 Å². The summed E-state index contributed by atoms with van der Waals surface area (Å²) in [7, 11) is 0. The molecule has 2 rings (SSSR count). The van der Waals surface area contributed by atoms with Gasteiger partial charge in [-0.25, -0.2) is 4.68 Å². The first-order chi connectivity index (χ1) is 10.8. The predicted molar refractivity (Wildman–Crippen MR) is 84.6 cm³/mol. The van der Waals surface area contributed by atoms with Gasteiger partial charge in [-0.2, -0.15) is 0 Å². The minimum Gasteiger partial charge on any atom is -0.481 e. The number of carbonyl (C=O) groups excluding carboxylic acids is 1. The maximum Gasteiger partial charge on any atom is 0.308 e. The van der Waals surface area contributed by atoms with E-state index in [2.05, 4.69) is 15.6 Å². The molecule has 0 saturated heterocycles. The van der Waals surface area contributed by atoms with Gasteiger partial charge in [0.05, 0.1) is 17.3 Å². The lowest BCUT2D eigenvalue weighted by Gasteiger charge is -2.17. The molecule has 0 bridgehead atoms. The van der Waals surface area contributed by atoms with E-state index in [9.17, 15) is 9.59 Å². The highest BCUT2D eigenvalue weighted by Crippen LogP contribution is 2.14. The van der Waals surface area contributed by atoms with Gasteiger partial charge in [-0.15, -0.1) is 5.10 Å². The average Bonchev–Trinajstić information content (AvgIpc) is 2.88. The molecule has 0 spiro atoms. The van der Waals surface area contributed by atoms with Gasteiger partial charge in [0.25, 0.3) is 5.91 Å². The number of aryl methyl sites for hydroxylation is 1.